The molecule has 2 heterocycles. The summed E-state index contributed by atoms with van der Waals surface area (Å²) in [7, 11) is 0. The Morgan fingerprint density at radius 2 is 1.93 bits per heavy atom. The molecule has 2 fully saturated rings. The van der Waals surface area contributed by atoms with Crippen molar-refractivity contribution < 1.29 is 34.7 Å². The molecule has 0 aliphatic carbocycles. The minimum absolute atomic E-state index is 0.327. The highest BCUT2D eigenvalue weighted by atomic mass is 16.6. The second-order valence-corrected chi connectivity index (χ2v) is 7.16. The van der Waals surface area contributed by atoms with Gasteiger partial charge in [-0.15, -0.1) is 0 Å². The maximum atomic E-state index is 12.1. The van der Waals surface area contributed by atoms with E-state index in [4.69, 9.17) is 9.47 Å². The number of carbonyl (C=O) groups is 1. The number of rotatable bonds is 5. The van der Waals surface area contributed by atoms with Gasteiger partial charge in [-0.2, -0.15) is 0 Å². The van der Waals surface area contributed by atoms with Crippen LogP contribution in [0.15, 0.2) is 36.4 Å². The van der Waals surface area contributed by atoms with Crippen LogP contribution in [0.2, 0.25) is 0 Å². The average molecular weight is 393 g/mol. The van der Waals surface area contributed by atoms with Gasteiger partial charge in [0.15, 0.2) is 0 Å². The number of hydrogen-bond acceptors (Lipinski definition) is 8. The van der Waals surface area contributed by atoms with Gasteiger partial charge < -0.3 is 29.9 Å². The van der Waals surface area contributed by atoms with Crippen LogP contribution in [-0.4, -0.2) is 87.7 Å². The van der Waals surface area contributed by atoms with E-state index in [0.717, 1.165) is 12.0 Å². The molecule has 154 valence electrons. The van der Waals surface area contributed by atoms with E-state index in [0.29, 0.717) is 19.5 Å². The van der Waals surface area contributed by atoms with Crippen LogP contribution in [0.5, 0.6) is 0 Å². The Kier molecular flexibility index (Phi) is 7.17. The number of hydrogen-bond donors (Lipinski definition) is 4. The highest BCUT2D eigenvalue weighted by Gasteiger charge is 2.46. The van der Waals surface area contributed by atoms with Crippen molar-refractivity contribution in [2.24, 2.45) is 0 Å². The number of esters is 1. The summed E-state index contributed by atoms with van der Waals surface area (Å²) in [5.74, 6) is -0.454. The number of piperidine rings is 1. The summed E-state index contributed by atoms with van der Waals surface area (Å²) >= 11 is 0. The molecule has 3 rings (SSSR count). The molecule has 1 aromatic rings. The number of nitrogens with zero attached hydrogens (tertiary/aromatic N) is 1. The summed E-state index contributed by atoms with van der Waals surface area (Å²) in [5.41, 5.74) is 0.894. The monoisotopic (exact) mass is 393 g/mol. The third-order valence-electron chi connectivity index (χ3n) is 5.13. The number of benzene rings is 1. The van der Waals surface area contributed by atoms with Gasteiger partial charge >= 0.3 is 5.97 Å². The number of aliphatic hydroxyl groups is 4. The van der Waals surface area contributed by atoms with E-state index < -0.39 is 43.2 Å². The Labute approximate surface area is 163 Å². The molecule has 8 heteroatoms. The quantitative estimate of drug-likeness (QED) is 0.391. The van der Waals surface area contributed by atoms with Gasteiger partial charge in [0.1, 0.15) is 36.7 Å². The molecule has 8 nitrogen and oxygen atoms in total. The van der Waals surface area contributed by atoms with Crippen molar-refractivity contribution in [1.29, 1.82) is 0 Å². The van der Waals surface area contributed by atoms with Gasteiger partial charge in [-0.25, -0.2) is 4.79 Å². The number of aliphatic hydroxyl groups excluding tert-OH is 4. The lowest BCUT2D eigenvalue weighted by Crippen LogP contribution is -2.64. The molecule has 0 aromatic heterocycles. The molecule has 0 spiro atoms. The van der Waals surface area contributed by atoms with Gasteiger partial charge in [-0.05, 0) is 24.5 Å². The lowest BCUT2D eigenvalue weighted by molar-refractivity contribution is -0.269. The van der Waals surface area contributed by atoms with Crippen molar-refractivity contribution in [3.8, 4) is 0 Å². The van der Waals surface area contributed by atoms with Crippen LogP contribution < -0.4 is 0 Å². The van der Waals surface area contributed by atoms with Gasteiger partial charge in [-0.3, -0.25) is 4.90 Å². The summed E-state index contributed by atoms with van der Waals surface area (Å²) in [6, 6.07) is 9.41. The van der Waals surface area contributed by atoms with Crippen LogP contribution in [0.4, 0.5) is 0 Å². The fraction of sp³-hybridized carbons (Fsp3) is 0.550. The second kappa shape index (κ2) is 9.60. The average Bonchev–Trinajstić information content (AvgIpc) is 2.72. The molecule has 0 saturated carbocycles. The van der Waals surface area contributed by atoms with Crippen molar-refractivity contribution in [3.05, 3.63) is 42.0 Å². The normalized spacial score (nSPS) is 34.4. The Hall–Kier alpha value is -1.81. The summed E-state index contributed by atoms with van der Waals surface area (Å²) in [6.07, 6.45) is -1.92. The lowest BCUT2D eigenvalue weighted by Gasteiger charge is -2.46. The lowest BCUT2D eigenvalue weighted by atomic mass is 9.96. The molecule has 28 heavy (non-hydrogen) atoms. The summed E-state index contributed by atoms with van der Waals surface area (Å²) < 4.78 is 11.1. The third kappa shape index (κ3) is 4.96. The fourth-order valence-electron chi connectivity index (χ4n) is 3.61. The second-order valence-electron chi connectivity index (χ2n) is 7.16. The molecule has 0 radical (unpaired) electrons. The SMILES string of the molecule is O=C(/C=C/c1ccccc1)OC1CCCN(C2OC(CO)C(O)C(O)C2O)C1. The molecule has 6 atom stereocenters. The molecular weight excluding hydrogens is 366 g/mol. The summed E-state index contributed by atoms with van der Waals surface area (Å²) in [5, 5.41) is 39.5. The standard InChI is InChI=1S/C20H27NO7/c22-12-15-17(24)18(25)19(26)20(28-15)21-10-4-7-14(11-21)27-16(23)9-8-13-5-2-1-3-6-13/h1-3,5-6,8-9,14-15,17-20,22,24-26H,4,7,10-12H2/b9-8+. The van der Waals surface area contributed by atoms with Gasteiger partial charge in [-0.1, -0.05) is 30.3 Å². The van der Waals surface area contributed by atoms with Crippen LogP contribution in [-0.2, 0) is 14.3 Å². The predicted octanol–water partition coefficient (Wildman–Crippen LogP) is -0.493. The van der Waals surface area contributed by atoms with Gasteiger partial charge in [0.25, 0.3) is 0 Å². The number of ether oxygens (including phenoxy) is 2. The first-order valence-corrected chi connectivity index (χ1v) is 9.48. The van der Waals surface area contributed by atoms with Crippen LogP contribution >= 0.6 is 0 Å². The first-order valence-electron chi connectivity index (χ1n) is 9.48. The van der Waals surface area contributed by atoms with Crippen LogP contribution in [0, 0.1) is 0 Å². The van der Waals surface area contributed by atoms with E-state index in [1.807, 2.05) is 30.3 Å². The topological polar surface area (TPSA) is 120 Å². The zero-order valence-electron chi connectivity index (χ0n) is 15.5. The predicted molar refractivity (Wildman–Crippen MR) is 99.9 cm³/mol. The van der Waals surface area contributed by atoms with Crippen molar-refractivity contribution in [2.45, 2.75) is 49.6 Å². The smallest absolute Gasteiger partial charge is 0.331 e. The first kappa shape index (κ1) is 20.9. The molecule has 1 aromatic carbocycles. The molecule has 2 saturated heterocycles. The Balaban J connectivity index is 1.57. The van der Waals surface area contributed by atoms with E-state index >= 15 is 0 Å². The first-order chi connectivity index (χ1) is 13.5. The van der Waals surface area contributed by atoms with Crippen molar-refractivity contribution in [1.82, 2.24) is 4.90 Å². The van der Waals surface area contributed by atoms with Gasteiger partial charge in [0.2, 0.25) is 0 Å². The van der Waals surface area contributed by atoms with E-state index in [-0.39, 0.29) is 6.10 Å². The van der Waals surface area contributed by atoms with E-state index in [9.17, 15) is 25.2 Å². The third-order valence-corrected chi connectivity index (χ3v) is 5.13. The minimum atomic E-state index is -1.42. The van der Waals surface area contributed by atoms with E-state index in [1.165, 1.54) is 6.08 Å². The maximum absolute atomic E-state index is 12.1. The molecule has 0 amide bonds. The number of likely N-dealkylation sites (tertiary alicyclic amines) is 1. The highest BCUT2D eigenvalue weighted by molar-refractivity contribution is 5.87. The summed E-state index contributed by atoms with van der Waals surface area (Å²) in [4.78, 5) is 13.9. The molecule has 2 aliphatic rings. The van der Waals surface area contributed by atoms with Crippen LogP contribution in [0.25, 0.3) is 6.08 Å². The fourth-order valence-corrected chi connectivity index (χ4v) is 3.61. The van der Waals surface area contributed by atoms with E-state index in [1.54, 1.807) is 11.0 Å². The molecule has 2 aliphatic heterocycles. The van der Waals surface area contributed by atoms with Crippen molar-refractivity contribution >= 4 is 12.0 Å². The van der Waals surface area contributed by atoms with E-state index in [2.05, 4.69) is 0 Å². The Morgan fingerprint density at radius 1 is 1.18 bits per heavy atom. The van der Waals surface area contributed by atoms with Crippen LogP contribution in [0.3, 0.4) is 0 Å². The molecule has 0 bridgehead atoms. The van der Waals surface area contributed by atoms with Crippen LogP contribution in [0.1, 0.15) is 18.4 Å². The summed E-state index contributed by atoms with van der Waals surface area (Å²) in [6.45, 7) is 0.433. The Bertz CT molecular complexity index is 666. The van der Waals surface area contributed by atoms with Gasteiger partial charge in [0.05, 0.1) is 6.61 Å². The zero-order chi connectivity index (χ0) is 20.1. The molecular formula is C20H27NO7. The van der Waals surface area contributed by atoms with Gasteiger partial charge in [0, 0.05) is 19.2 Å². The number of carbonyl (C=O) groups excluding carboxylic acids is 1. The zero-order valence-corrected chi connectivity index (χ0v) is 15.5. The molecule has 6 unspecified atom stereocenters. The molecule has 4 N–H and O–H groups in total. The highest BCUT2D eigenvalue weighted by Crippen LogP contribution is 2.26. The Morgan fingerprint density at radius 3 is 2.64 bits per heavy atom. The largest absolute Gasteiger partial charge is 0.458 e. The van der Waals surface area contributed by atoms with Crippen molar-refractivity contribution in [3.63, 3.8) is 0 Å². The maximum Gasteiger partial charge on any atom is 0.331 e. The van der Waals surface area contributed by atoms with Crippen molar-refractivity contribution in [2.75, 3.05) is 19.7 Å². The minimum Gasteiger partial charge on any atom is -0.458 e.